The number of hydrogen-bond donors (Lipinski definition) is 1. The number of hydrogen-bond acceptors (Lipinski definition) is 9. The summed E-state index contributed by atoms with van der Waals surface area (Å²) in [6.07, 6.45) is 23.5. The molecule has 2 aromatic heterocycles. The van der Waals surface area contributed by atoms with Gasteiger partial charge < -0.3 is 24.6 Å². The van der Waals surface area contributed by atoms with Crippen LogP contribution >= 0.6 is 0 Å². The van der Waals surface area contributed by atoms with Crippen LogP contribution in [-0.4, -0.2) is 100 Å². The largest absolute Gasteiger partial charge is 0.461 e. The molecule has 2 aliphatic carbocycles. The smallest absolute Gasteiger partial charge is 0.409 e. The maximum absolute atomic E-state index is 17.0. The summed E-state index contributed by atoms with van der Waals surface area (Å²) in [6, 6.07) is 0.776. The van der Waals surface area contributed by atoms with Crippen molar-refractivity contribution in [2.45, 2.75) is 80.9 Å². The Labute approximate surface area is 308 Å². The number of aromatic nitrogens is 3. The molecule has 12 heteroatoms. The van der Waals surface area contributed by atoms with Crippen LogP contribution in [0, 0.1) is 24.1 Å². The van der Waals surface area contributed by atoms with E-state index in [4.69, 9.17) is 25.9 Å². The molecule has 276 valence electrons. The minimum Gasteiger partial charge on any atom is -0.461 e. The molecule has 7 heterocycles. The van der Waals surface area contributed by atoms with Crippen LogP contribution in [0.4, 0.5) is 19.4 Å². The van der Waals surface area contributed by atoms with Crippen molar-refractivity contribution in [2.24, 2.45) is 5.92 Å². The van der Waals surface area contributed by atoms with Crippen LogP contribution in [-0.2, 0) is 4.74 Å². The number of halogens is 2. The Morgan fingerprint density at radius 2 is 1.92 bits per heavy atom. The zero-order valence-corrected chi connectivity index (χ0v) is 29.9. The molecule has 1 amide bonds. The van der Waals surface area contributed by atoms with Gasteiger partial charge in [-0.2, -0.15) is 9.97 Å². The number of anilines is 1. The molecule has 5 saturated heterocycles. The van der Waals surface area contributed by atoms with Crippen LogP contribution in [0.2, 0.25) is 0 Å². The van der Waals surface area contributed by atoms with Gasteiger partial charge in [0.15, 0.2) is 5.82 Å². The number of likely N-dealkylation sites (tertiary alicyclic amines) is 1. The quantitative estimate of drug-likeness (QED) is 0.278. The number of terminal acetylenes is 1. The van der Waals surface area contributed by atoms with E-state index >= 15 is 4.39 Å². The van der Waals surface area contributed by atoms with Gasteiger partial charge in [-0.3, -0.25) is 9.88 Å². The number of piperidine rings is 1. The molecule has 53 heavy (non-hydrogen) atoms. The fraction of sp³-hybridized carbons (Fsp3) is 0.512. The molecule has 1 N–H and O–H groups in total. The summed E-state index contributed by atoms with van der Waals surface area (Å²) in [5, 5.41) is 4.17. The summed E-state index contributed by atoms with van der Waals surface area (Å²) < 4.78 is 44.4. The Kier molecular flexibility index (Phi) is 8.82. The maximum Gasteiger partial charge on any atom is 0.409 e. The van der Waals surface area contributed by atoms with Gasteiger partial charge in [0.05, 0.1) is 16.6 Å². The second-order valence-electron chi connectivity index (χ2n) is 15.8. The third-order valence-corrected chi connectivity index (χ3v) is 12.4. The van der Waals surface area contributed by atoms with Crippen molar-refractivity contribution in [1.82, 2.24) is 30.1 Å². The Bertz CT molecular complexity index is 2000. The third-order valence-electron chi connectivity index (χ3n) is 12.4. The highest BCUT2D eigenvalue weighted by molar-refractivity contribution is 5.90. The van der Waals surface area contributed by atoms with E-state index in [-0.39, 0.29) is 47.1 Å². The minimum atomic E-state index is -0.629. The Balaban J connectivity index is 1.02. The van der Waals surface area contributed by atoms with Crippen molar-refractivity contribution >= 4 is 22.8 Å². The first-order valence-corrected chi connectivity index (χ1v) is 19.1. The molecular formula is C41H45F2N7O3. The lowest BCUT2D eigenvalue weighted by molar-refractivity contribution is 0.0422. The van der Waals surface area contributed by atoms with Crippen molar-refractivity contribution in [3.8, 4) is 18.4 Å². The van der Waals surface area contributed by atoms with Crippen LogP contribution < -0.4 is 15.0 Å². The molecule has 6 unspecified atom stereocenters. The van der Waals surface area contributed by atoms with E-state index in [1.807, 2.05) is 23.1 Å². The molecule has 2 aromatic rings. The van der Waals surface area contributed by atoms with Gasteiger partial charge in [-0.1, -0.05) is 42.4 Å². The predicted molar refractivity (Wildman–Crippen MR) is 197 cm³/mol. The van der Waals surface area contributed by atoms with Crippen molar-refractivity contribution in [3.63, 3.8) is 0 Å². The van der Waals surface area contributed by atoms with Crippen molar-refractivity contribution in [2.75, 3.05) is 50.8 Å². The maximum atomic E-state index is 17.0. The molecule has 7 aliphatic rings. The number of nitrogens with zero attached hydrogens (tertiary/aromatic N) is 6. The number of piperazine rings is 1. The molecule has 0 saturated carbocycles. The van der Waals surface area contributed by atoms with Crippen molar-refractivity contribution in [1.29, 1.82) is 0 Å². The molecule has 0 spiro atoms. The molecule has 2 bridgehead atoms. The van der Waals surface area contributed by atoms with Gasteiger partial charge in [-0.15, -0.1) is 6.42 Å². The number of amides is 1. The lowest BCUT2D eigenvalue weighted by Gasteiger charge is -2.35. The molecule has 5 aliphatic heterocycles. The number of ether oxygens (including phenoxy) is 2. The summed E-state index contributed by atoms with van der Waals surface area (Å²) in [4.78, 5) is 33.6. The Hall–Kier alpha value is -4.60. The second-order valence-corrected chi connectivity index (χ2v) is 15.8. The van der Waals surface area contributed by atoms with Crippen molar-refractivity contribution < 1.29 is 23.0 Å². The number of carbonyl (C=O) groups is 1. The van der Waals surface area contributed by atoms with E-state index < -0.39 is 23.5 Å². The SMILES string of the molecule is C#CC1=C(F)C=CC2=CC=CC(c3ncc4c(N5CC6CCC(C5)N6)nc(OCC56CCC(COC(=O)N7CCCCC7)N5CC(=C)C6)nc4c3F)C21. The fourth-order valence-electron chi connectivity index (χ4n) is 9.86. The molecule has 9 rings (SSSR count). The second kappa shape index (κ2) is 13.7. The lowest BCUT2D eigenvalue weighted by Crippen LogP contribution is -2.51. The fourth-order valence-corrected chi connectivity index (χ4v) is 9.86. The van der Waals surface area contributed by atoms with Gasteiger partial charge >= 0.3 is 12.1 Å². The normalized spacial score (nSPS) is 30.8. The summed E-state index contributed by atoms with van der Waals surface area (Å²) in [5.41, 5.74) is 1.97. The van der Waals surface area contributed by atoms with Gasteiger partial charge in [0.1, 0.15) is 30.4 Å². The number of fused-ring (bicyclic) bond motifs is 5. The number of carbonyl (C=O) groups excluding carboxylic acids is 1. The van der Waals surface area contributed by atoms with Gasteiger partial charge in [-0.05, 0) is 63.0 Å². The number of nitrogens with one attached hydrogen (secondary N) is 1. The van der Waals surface area contributed by atoms with Gasteiger partial charge in [-0.25, -0.2) is 13.6 Å². The molecule has 6 atom stereocenters. The number of rotatable bonds is 7. The summed E-state index contributed by atoms with van der Waals surface area (Å²) in [7, 11) is 0. The standard InChI is InChI=1S/C41H45F2N7O3/c1-3-30-33(42)13-10-26-8-7-9-31(34(26)30)36-35(43)37-32(19-44-36)38(49-21-27-11-12-28(22-49)45-27)47-39(46-37)53-24-41-15-14-29(50(41)20-25(2)18-41)23-52-40(51)48-16-5-4-6-17-48/h1,7-10,13,19,27-29,31,34,45H,2,4-6,11-12,14-18,20-24H2. The lowest BCUT2D eigenvalue weighted by atomic mass is 9.73. The first-order chi connectivity index (χ1) is 25.8. The van der Waals surface area contributed by atoms with Crippen LogP contribution in [0.5, 0.6) is 6.01 Å². The average molecular weight is 722 g/mol. The summed E-state index contributed by atoms with van der Waals surface area (Å²) in [5.74, 6) is 0.806. The van der Waals surface area contributed by atoms with Gasteiger partial charge in [0.2, 0.25) is 0 Å². The zero-order valence-electron chi connectivity index (χ0n) is 29.9. The van der Waals surface area contributed by atoms with E-state index in [0.717, 1.165) is 88.7 Å². The van der Waals surface area contributed by atoms with E-state index in [2.05, 4.69) is 32.6 Å². The third kappa shape index (κ3) is 6.11. The van der Waals surface area contributed by atoms with E-state index in [9.17, 15) is 9.18 Å². The first kappa shape index (κ1) is 34.2. The highest BCUT2D eigenvalue weighted by Crippen LogP contribution is 2.46. The first-order valence-electron chi connectivity index (χ1n) is 19.1. The van der Waals surface area contributed by atoms with E-state index in [0.29, 0.717) is 36.4 Å². The zero-order chi connectivity index (χ0) is 36.3. The topological polar surface area (TPSA) is 96.0 Å². The van der Waals surface area contributed by atoms with E-state index in [1.54, 1.807) is 12.3 Å². The van der Waals surface area contributed by atoms with Crippen LogP contribution in [0.1, 0.15) is 63.0 Å². The predicted octanol–water partition coefficient (Wildman–Crippen LogP) is 5.89. The number of allylic oxidation sites excluding steroid dienone is 8. The highest BCUT2D eigenvalue weighted by Gasteiger charge is 2.51. The molecular weight excluding hydrogens is 676 g/mol. The van der Waals surface area contributed by atoms with Crippen molar-refractivity contribution in [3.05, 3.63) is 77.2 Å². The van der Waals surface area contributed by atoms with Crippen LogP contribution in [0.3, 0.4) is 0 Å². The Morgan fingerprint density at radius 3 is 2.72 bits per heavy atom. The monoisotopic (exact) mass is 721 g/mol. The molecule has 0 radical (unpaired) electrons. The minimum absolute atomic E-state index is 0.0472. The molecule has 0 aromatic carbocycles. The van der Waals surface area contributed by atoms with Crippen LogP contribution in [0.25, 0.3) is 10.9 Å². The Morgan fingerprint density at radius 1 is 1.11 bits per heavy atom. The molecule has 10 nitrogen and oxygen atoms in total. The summed E-state index contributed by atoms with van der Waals surface area (Å²) >= 11 is 0. The highest BCUT2D eigenvalue weighted by atomic mass is 19.1. The number of pyridine rings is 1. The van der Waals surface area contributed by atoms with Gasteiger partial charge in [0, 0.05) is 74.5 Å². The van der Waals surface area contributed by atoms with Gasteiger partial charge in [0.25, 0.3) is 0 Å². The van der Waals surface area contributed by atoms with E-state index in [1.165, 1.54) is 6.08 Å². The van der Waals surface area contributed by atoms with Crippen LogP contribution in [0.15, 0.2) is 65.7 Å². The molecule has 5 fully saturated rings. The summed E-state index contributed by atoms with van der Waals surface area (Å²) in [6.45, 7) is 8.56. The average Bonchev–Trinajstić information content (AvgIpc) is 3.81.